The van der Waals surface area contributed by atoms with Crippen LogP contribution in [0.1, 0.15) is 46.1 Å². The maximum Gasteiger partial charge on any atom is 0.306 e. The lowest BCUT2D eigenvalue weighted by Gasteiger charge is -2.29. The summed E-state index contributed by atoms with van der Waals surface area (Å²) in [7, 11) is 6.15. The number of carbonyl (C=O) groups excluding carboxylic acids is 1. The predicted octanol–water partition coefficient (Wildman–Crippen LogP) is 5.25. The highest BCUT2D eigenvalue weighted by Crippen LogP contribution is 2.36. The van der Waals surface area contributed by atoms with Gasteiger partial charge in [0.2, 0.25) is 11.2 Å². The Bertz CT molecular complexity index is 1700. The highest BCUT2D eigenvalue weighted by atomic mass is 16.5. The van der Waals surface area contributed by atoms with Gasteiger partial charge in [-0.15, -0.1) is 0 Å². The molecule has 0 radical (unpaired) electrons. The third kappa shape index (κ3) is 7.63. The molecule has 0 fully saturated rings. The fourth-order valence-corrected chi connectivity index (χ4v) is 5.65. The van der Waals surface area contributed by atoms with Crippen LogP contribution < -0.4 is 24.4 Å². The molecule has 2 heterocycles. The Morgan fingerprint density at radius 1 is 0.891 bits per heavy atom. The second kappa shape index (κ2) is 14.9. The number of hydrogen-bond acceptors (Lipinski definition) is 10. The van der Waals surface area contributed by atoms with Gasteiger partial charge in [-0.25, -0.2) is 0 Å². The Hall–Kier alpha value is -4.96. The van der Waals surface area contributed by atoms with Crippen molar-refractivity contribution in [2.24, 2.45) is 0 Å². The van der Waals surface area contributed by atoms with Gasteiger partial charge in [-0.2, -0.15) is 0 Å². The molecule has 0 saturated carbocycles. The maximum atomic E-state index is 13.0. The molecule has 1 N–H and O–H groups in total. The molecule has 5 rings (SSSR count). The lowest BCUT2D eigenvalue weighted by Crippen LogP contribution is -2.30. The molecule has 0 amide bonds. The zero-order valence-electron chi connectivity index (χ0n) is 26.5. The van der Waals surface area contributed by atoms with Crippen LogP contribution in [0.5, 0.6) is 28.7 Å². The van der Waals surface area contributed by atoms with Crippen molar-refractivity contribution in [3.05, 3.63) is 111 Å². The van der Waals surface area contributed by atoms with Crippen molar-refractivity contribution in [1.29, 1.82) is 0 Å². The summed E-state index contributed by atoms with van der Waals surface area (Å²) in [5, 5.41) is 10.9. The number of esters is 1. The summed E-state index contributed by atoms with van der Waals surface area (Å²) >= 11 is 0. The SMILES string of the molecule is COC(=O)C[C@@H](c1ccc(OCCc2ccc(OC)cc2)cc1)c1oc(CN2CCc3cc(OC)c(OC)cc3C2)cc(=O)c1O. The van der Waals surface area contributed by atoms with Gasteiger partial charge >= 0.3 is 5.97 Å². The summed E-state index contributed by atoms with van der Waals surface area (Å²) in [6.07, 6.45) is 1.37. The van der Waals surface area contributed by atoms with Gasteiger partial charge in [-0.3, -0.25) is 14.5 Å². The second-order valence-corrected chi connectivity index (χ2v) is 11.1. The molecule has 46 heavy (non-hydrogen) atoms. The average molecular weight is 630 g/mol. The van der Waals surface area contributed by atoms with Gasteiger partial charge in [0.25, 0.3) is 0 Å². The molecule has 0 spiro atoms. The summed E-state index contributed by atoms with van der Waals surface area (Å²) in [4.78, 5) is 27.6. The van der Waals surface area contributed by atoms with Crippen LogP contribution in [-0.2, 0) is 35.5 Å². The zero-order valence-corrected chi connectivity index (χ0v) is 26.5. The van der Waals surface area contributed by atoms with Gasteiger partial charge in [-0.1, -0.05) is 24.3 Å². The van der Waals surface area contributed by atoms with E-state index in [0.29, 0.717) is 54.7 Å². The van der Waals surface area contributed by atoms with Gasteiger partial charge in [0, 0.05) is 25.6 Å². The van der Waals surface area contributed by atoms with E-state index in [1.54, 1.807) is 45.6 Å². The lowest BCUT2D eigenvalue weighted by molar-refractivity contribution is -0.140. The van der Waals surface area contributed by atoms with E-state index in [1.807, 2.05) is 36.4 Å². The molecular weight excluding hydrogens is 590 g/mol. The molecule has 4 aromatic rings. The number of aromatic hydroxyl groups is 1. The van der Waals surface area contributed by atoms with Crippen molar-refractivity contribution >= 4 is 5.97 Å². The van der Waals surface area contributed by atoms with E-state index in [0.717, 1.165) is 29.8 Å². The number of benzene rings is 3. The number of ether oxygens (including phenoxy) is 5. The van der Waals surface area contributed by atoms with Gasteiger partial charge in [-0.05, 0) is 65.1 Å². The van der Waals surface area contributed by atoms with E-state index in [1.165, 1.54) is 18.7 Å². The third-order valence-electron chi connectivity index (χ3n) is 8.19. The maximum absolute atomic E-state index is 13.0. The Kier molecular flexibility index (Phi) is 10.5. The van der Waals surface area contributed by atoms with E-state index >= 15 is 0 Å². The lowest BCUT2D eigenvalue weighted by atomic mass is 9.92. The molecule has 0 aliphatic carbocycles. The summed E-state index contributed by atoms with van der Waals surface area (Å²) in [5.41, 5.74) is 3.48. The van der Waals surface area contributed by atoms with Crippen molar-refractivity contribution in [3.8, 4) is 28.7 Å². The molecule has 242 valence electrons. The van der Waals surface area contributed by atoms with Crippen molar-refractivity contribution in [2.45, 2.75) is 38.3 Å². The molecular formula is C36H39NO9. The number of carbonyl (C=O) groups is 1. The predicted molar refractivity (Wildman–Crippen MR) is 171 cm³/mol. The monoisotopic (exact) mass is 629 g/mol. The molecule has 10 nitrogen and oxygen atoms in total. The van der Waals surface area contributed by atoms with Gasteiger partial charge in [0.1, 0.15) is 17.3 Å². The highest BCUT2D eigenvalue weighted by molar-refractivity contribution is 5.71. The van der Waals surface area contributed by atoms with Gasteiger partial charge < -0.3 is 33.2 Å². The van der Waals surface area contributed by atoms with E-state index in [9.17, 15) is 14.7 Å². The first kappa shape index (κ1) is 32.4. The highest BCUT2D eigenvalue weighted by Gasteiger charge is 2.28. The van der Waals surface area contributed by atoms with E-state index in [2.05, 4.69) is 4.90 Å². The van der Waals surface area contributed by atoms with Crippen LogP contribution in [0.15, 0.2) is 75.9 Å². The van der Waals surface area contributed by atoms with Crippen LogP contribution in [0, 0.1) is 0 Å². The van der Waals surface area contributed by atoms with Crippen LogP contribution in [0.3, 0.4) is 0 Å². The van der Waals surface area contributed by atoms with Crippen molar-refractivity contribution in [3.63, 3.8) is 0 Å². The number of methoxy groups -OCH3 is 4. The number of rotatable bonds is 13. The standard InChI is InChI=1S/C36H39NO9/c1-41-27-9-5-23(6-10-27)14-16-45-28-11-7-24(8-12-28)30(20-34(39)44-4)36-35(40)31(38)19-29(46-36)22-37-15-13-25-17-32(42-2)33(43-3)18-26(25)21-37/h5-12,17-19,30,40H,13-16,20-22H2,1-4H3/t30-/m0/s1. The molecule has 0 bridgehead atoms. The number of nitrogens with zero attached hydrogens (tertiary/aromatic N) is 1. The zero-order chi connectivity index (χ0) is 32.6. The molecule has 0 unspecified atom stereocenters. The molecule has 10 heteroatoms. The van der Waals surface area contributed by atoms with Crippen LogP contribution in [-0.4, -0.2) is 57.6 Å². The second-order valence-electron chi connectivity index (χ2n) is 11.1. The van der Waals surface area contributed by atoms with E-state index < -0.39 is 23.1 Å². The van der Waals surface area contributed by atoms with Gasteiger partial charge in [0.05, 0.1) is 53.9 Å². The largest absolute Gasteiger partial charge is 0.502 e. The first-order chi connectivity index (χ1) is 22.3. The third-order valence-corrected chi connectivity index (χ3v) is 8.19. The van der Waals surface area contributed by atoms with Crippen molar-refractivity contribution < 1.29 is 38.0 Å². The summed E-state index contributed by atoms with van der Waals surface area (Å²) < 4.78 is 33.2. The van der Waals surface area contributed by atoms with Crippen LogP contribution in [0.25, 0.3) is 0 Å². The Morgan fingerprint density at radius 2 is 1.57 bits per heavy atom. The smallest absolute Gasteiger partial charge is 0.306 e. The fraction of sp³-hybridized carbons (Fsp3) is 0.333. The fourth-order valence-electron chi connectivity index (χ4n) is 5.65. The topological polar surface area (TPSA) is 117 Å². The van der Waals surface area contributed by atoms with Crippen LogP contribution >= 0.6 is 0 Å². The quantitative estimate of drug-likeness (QED) is 0.197. The normalized spacial score (nSPS) is 13.4. The minimum Gasteiger partial charge on any atom is -0.502 e. The van der Waals surface area contributed by atoms with Crippen molar-refractivity contribution in [1.82, 2.24) is 4.90 Å². The summed E-state index contributed by atoms with van der Waals surface area (Å²) in [5.74, 6) is 1.40. The average Bonchev–Trinajstić information content (AvgIpc) is 3.08. The Morgan fingerprint density at radius 3 is 2.22 bits per heavy atom. The molecule has 1 aromatic heterocycles. The minimum absolute atomic E-state index is 0.0184. The first-order valence-corrected chi connectivity index (χ1v) is 15.1. The first-order valence-electron chi connectivity index (χ1n) is 15.1. The van der Waals surface area contributed by atoms with Crippen molar-refractivity contribution in [2.75, 3.05) is 41.6 Å². The molecule has 1 aliphatic heterocycles. The molecule has 1 atom stereocenters. The van der Waals surface area contributed by atoms with E-state index in [-0.39, 0.29) is 12.2 Å². The Balaban J connectivity index is 1.33. The number of fused-ring (bicyclic) bond motifs is 1. The molecule has 1 aliphatic rings. The van der Waals surface area contributed by atoms with Gasteiger partial charge in [0.15, 0.2) is 17.3 Å². The molecule has 0 saturated heterocycles. The summed E-state index contributed by atoms with van der Waals surface area (Å²) in [6.45, 7) is 2.15. The number of hydrogen-bond donors (Lipinski definition) is 1. The molecule has 3 aromatic carbocycles. The Labute approximate surface area is 268 Å². The summed E-state index contributed by atoms with van der Waals surface area (Å²) in [6, 6.07) is 20.3. The van der Waals surface area contributed by atoms with Crippen LogP contribution in [0.2, 0.25) is 0 Å². The van der Waals surface area contributed by atoms with Crippen LogP contribution in [0.4, 0.5) is 0 Å². The van der Waals surface area contributed by atoms with E-state index in [4.69, 9.17) is 28.1 Å². The minimum atomic E-state index is -0.757.